The number of benzene rings is 1. The minimum absolute atomic E-state index is 0.398. The second-order valence-corrected chi connectivity index (χ2v) is 7.17. The Bertz CT molecular complexity index is 731. The first kappa shape index (κ1) is 16.1. The molecule has 4 heteroatoms. The zero-order valence-electron chi connectivity index (χ0n) is 14.5. The van der Waals surface area contributed by atoms with E-state index in [0.29, 0.717) is 11.4 Å². The molecule has 3 aliphatic rings. The number of esters is 1. The molecule has 2 aromatic rings. The van der Waals surface area contributed by atoms with Crippen LogP contribution in [0.1, 0.15) is 53.9 Å². The van der Waals surface area contributed by atoms with E-state index in [1.165, 1.54) is 51.0 Å². The largest absolute Gasteiger partial charge is 0.465 e. The third-order valence-electron chi connectivity index (χ3n) is 5.74. The topological polar surface area (TPSA) is 48.4 Å². The SMILES string of the molecule is COC(=O)c1ccc(Oc2ccc(C3CC4CCC3CC4)cc2)nc1. The summed E-state index contributed by atoms with van der Waals surface area (Å²) >= 11 is 0. The molecule has 0 radical (unpaired) electrons. The lowest BCUT2D eigenvalue weighted by molar-refractivity contribution is 0.0600. The molecule has 1 aromatic carbocycles. The third-order valence-corrected chi connectivity index (χ3v) is 5.74. The van der Waals surface area contributed by atoms with E-state index in [1.54, 1.807) is 12.1 Å². The molecule has 0 saturated heterocycles. The lowest BCUT2D eigenvalue weighted by Gasteiger charge is -2.42. The van der Waals surface area contributed by atoms with Gasteiger partial charge in [0.1, 0.15) is 5.75 Å². The number of ether oxygens (including phenoxy) is 2. The molecule has 130 valence electrons. The number of fused-ring (bicyclic) bond motifs is 3. The summed E-state index contributed by atoms with van der Waals surface area (Å²) in [7, 11) is 1.35. The van der Waals surface area contributed by atoms with Gasteiger partial charge in [-0.3, -0.25) is 0 Å². The Balaban J connectivity index is 1.43. The number of pyridine rings is 1. The molecule has 3 saturated carbocycles. The fourth-order valence-electron chi connectivity index (χ4n) is 4.37. The summed E-state index contributed by atoms with van der Waals surface area (Å²) < 4.78 is 10.5. The van der Waals surface area contributed by atoms with Gasteiger partial charge in [0.15, 0.2) is 0 Å². The zero-order chi connectivity index (χ0) is 17.2. The van der Waals surface area contributed by atoms with Crippen molar-refractivity contribution in [2.24, 2.45) is 11.8 Å². The molecule has 25 heavy (non-hydrogen) atoms. The zero-order valence-corrected chi connectivity index (χ0v) is 14.5. The Kier molecular flexibility index (Phi) is 4.43. The summed E-state index contributed by atoms with van der Waals surface area (Å²) in [6.45, 7) is 0. The van der Waals surface area contributed by atoms with Gasteiger partial charge in [-0.2, -0.15) is 0 Å². The molecule has 1 unspecified atom stereocenters. The number of carbonyl (C=O) groups excluding carboxylic acids is 1. The van der Waals surface area contributed by atoms with E-state index < -0.39 is 5.97 Å². The molecular formula is C21H23NO3. The number of nitrogens with zero attached hydrogens (tertiary/aromatic N) is 1. The Morgan fingerprint density at radius 1 is 1.04 bits per heavy atom. The fraction of sp³-hybridized carbons (Fsp3) is 0.429. The monoisotopic (exact) mass is 337 g/mol. The van der Waals surface area contributed by atoms with Gasteiger partial charge in [-0.15, -0.1) is 0 Å². The molecule has 1 aromatic heterocycles. The lowest BCUT2D eigenvalue weighted by Crippen LogP contribution is -2.29. The number of rotatable bonds is 4. The van der Waals surface area contributed by atoms with Crippen LogP contribution in [0.5, 0.6) is 11.6 Å². The van der Waals surface area contributed by atoms with Crippen molar-refractivity contribution in [3.63, 3.8) is 0 Å². The van der Waals surface area contributed by atoms with Crippen LogP contribution < -0.4 is 4.74 Å². The van der Waals surface area contributed by atoms with Crippen molar-refractivity contribution in [2.45, 2.75) is 38.0 Å². The standard InChI is InChI=1S/C21H23NO3/c1-24-21(23)17-8-11-20(22-13-17)25-18-9-6-16(7-10-18)19-12-14-2-4-15(19)5-3-14/h6-11,13-15,19H,2-5,12H2,1H3. The number of carbonyl (C=O) groups is 1. The minimum atomic E-state index is -0.398. The van der Waals surface area contributed by atoms with Gasteiger partial charge in [0, 0.05) is 12.3 Å². The van der Waals surface area contributed by atoms with E-state index >= 15 is 0 Å². The average Bonchev–Trinajstić information content (AvgIpc) is 2.69. The predicted octanol–water partition coefficient (Wildman–Crippen LogP) is 4.95. The highest BCUT2D eigenvalue weighted by Crippen LogP contribution is 2.49. The fourth-order valence-corrected chi connectivity index (χ4v) is 4.37. The first-order chi connectivity index (χ1) is 12.2. The Morgan fingerprint density at radius 2 is 1.80 bits per heavy atom. The van der Waals surface area contributed by atoms with Crippen LogP contribution in [-0.4, -0.2) is 18.1 Å². The molecule has 2 bridgehead atoms. The van der Waals surface area contributed by atoms with Gasteiger partial charge in [0.05, 0.1) is 12.7 Å². The minimum Gasteiger partial charge on any atom is -0.465 e. The summed E-state index contributed by atoms with van der Waals surface area (Å²) in [5.41, 5.74) is 1.85. The second kappa shape index (κ2) is 6.87. The molecule has 4 nitrogen and oxygen atoms in total. The van der Waals surface area contributed by atoms with Crippen molar-refractivity contribution >= 4 is 5.97 Å². The van der Waals surface area contributed by atoms with Crippen molar-refractivity contribution in [1.82, 2.24) is 4.98 Å². The molecule has 0 amide bonds. The van der Waals surface area contributed by atoms with Crippen LogP contribution in [0.2, 0.25) is 0 Å². The van der Waals surface area contributed by atoms with Gasteiger partial charge in [-0.1, -0.05) is 25.0 Å². The molecule has 3 fully saturated rings. The van der Waals surface area contributed by atoms with Gasteiger partial charge in [0.25, 0.3) is 0 Å². The van der Waals surface area contributed by atoms with Gasteiger partial charge in [0.2, 0.25) is 5.88 Å². The van der Waals surface area contributed by atoms with E-state index in [1.807, 2.05) is 12.1 Å². The van der Waals surface area contributed by atoms with Crippen molar-refractivity contribution < 1.29 is 14.3 Å². The number of aromatic nitrogens is 1. The van der Waals surface area contributed by atoms with E-state index in [9.17, 15) is 4.79 Å². The molecule has 1 heterocycles. The smallest absolute Gasteiger partial charge is 0.339 e. The maximum atomic E-state index is 11.4. The molecule has 0 N–H and O–H groups in total. The van der Waals surface area contributed by atoms with Crippen LogP contribution in [-0.2, 0) is 4.74 Å². The summed E-state index contributed by atoms with van der Waals surface area (Å²) in [5.74, 6) is 3.36. The predicted molar refractivity (Wildman–Crippen MR) is 94.9 cm³/mol. The van der Waals surface area contributed by atoms with E-state index in [4.69, 9.17) is 4.74 Å². The van der Waals surface area contributed by atoms with Crippen LogP contribution in [0.15, 0.2) is 42.6 Å². The molecule has 1 atom stereocenters. The van der Waals surface area contributed by atoms with Crippen LogP contribution in [0, 0.1) is 11.8 Å². The van der Waals surface area contributed by atoms with Crippen molar-refractivity contribution in [3.8, 4) is 11.6 Å². The normalized spacial score (nSPS) is 24.8. The number of hydrogen-bond acceptors (Lipinski definition) is 4. The van der Waals surface area contributed by atoms with Crippen LogP contribution in [0.25, 0.3) is 0 Å². The van der Waals surface area contributed by atoms with Crippen molar-refractivity contribution in [3.05, 3.63) is 53.7 Å². The van der Waals surface area contributed by atoms with Crippen LogP contribution in [0.3, 0.4) is 0 Å². The van der Waals surface area contributed by atoms with Gasteiger partial charge in [-0.05, 0) is 60.8 Å². The van der Waals surface area contributed by atoms with Gasteiger partial charge in [-0.25, -0.2) is 9.78 Å². The van der Waals surface area contributed by atoms with E-state index in [-0.39, 0.29) is 0 Å². The van der Waals surface area contributed by atoms with Gasteiger partial charge < -0.3 is 9.47 Å². The Labute approximate surface area is 148 Å². The van der Waals surface area contributed by atoms with Crippen molar-refractivity contribution in [2.75, 3.05) is 7.11 Å². The molecule has 3 aliphatic carbocycles. The average molecular weight is 337 g/mol. The van der Waals surface area contributed by atoms with Crippen LogP contribution >= 0.6 is 0 Å². The van der Waals surface area contributed by atoms with E-state index in [0.717, 1.165) is 23.5 Å². The van der Waals surface area contributed by atoms with Gasteiger partial charge >= 0.3 is 5.97 Å². The lowest BCUT2D eigenvalue weighted by atomic mass is 9.63. The summed E-state index contributed by atoms with van der Waals surface area (Å²) in [6.07, 6.45) is 8.45. The maximum Gasteiger partial charge on any atom is 0.339 e. The second-order valence-electron chi connectivity index (χ2n) is 7.17. The molecule has 0 aliphatic heterocycles. The van der Waals surface area contributed by atoms with Crippen LogP contribution in [0.4, 0.5) is 0 Å². The summed E-state index contributed by atoms with van der Waals surface area (Å²) in [4.78, 5) is 15.6. The summed E-state index contributed by atoms with van der Waals surface area (Å²) in [6, 6.07) is 11.8. The quantitative estimate of drug-likeness (QED) is 0.740. The molecular weight excluding hydrogens is 314 g/mol. The summed E-state index contributed by atoms with van der Waals surface area (Å²) in [5, 5.41) is 0. The Hall–Kier alpha value is -2.36. The first-order valence-electron chi connectivity index (χ1n) is 9.05. The van der Waals surface area contributed by atoms with E-state index in [2.05, 4.69) is 21.9 Å². The maximum absolute atomic E-state index is 11.4. The molecule has 0 spiro atoms. The number of hydrogen-bond donors (Lipinski definition) is 0. The highest BCUT2D eigenvalue weighted by atomic mass is 16.5. The Morgan fingerprint density at radius 3 is 2.36 bits per heavy atom. The van der Waals surface area contributed by atoms with Crippen molar-refractivity contribution in [1.29, 1.82) is 0 Å². The first-order valence-corrected chi connectivity index (χ1v) is 9.05. The highest BCUT2D eigenvalue weighted by Gasteiger charge is 2.36. The molecule has 5 rings (SSSR count). The highest BCUT2D eigenvalue weighted by molar-refractivity contribution is 5.88. The third kappa shape index (κ3) is 3.39. The number of methoxy groups -OCH3 is 1.